The number of rotatable bonds is 3. The number of cyclic esters (lactones) is 1. The monoisotopic (exact) mass is 410 g/mol. The Balaban J connectivity index is 2.36. The lowest BCUT2D eigenvalue weighted by molar-refractivity contribution is -0.167. The molecule has 2 rings (SSSR count). The first-order valence-corrected chi connectivity index (χ1v) is 11.2. The Labute approximate surface area is 175 Å². The van der Waals surface area contributed by atoms with Gasteiger partial charge in [0.15, 0.2) is 0 Å². The first-order chi connectivity index (χ1) is 13.7. The molecular formula is C23H38O6. The molecule has 1 unspecified atom stereocenters. The fraction of sp³-hybridized carbons (Fsp3) is 0.870. The molecule has 2 saturated heterocycles. The lowest BCUT2D eigenvalue weighted by Crippen LogP contribution is -2.42. The van der Waals surface area contributed by atoms with E-state index in [0.717, 1.165) is 12.8 Å². The number of hydrogen-bond donors (Lipinski definition) is 0. The van der Waals surface area contributed by atoms with Crippen molar-refractivity contribution in [1.29, 1.82) is 0 Å². The van der Waals surface area contributed by atoms with E-state index in [4.69, 9.17) is 14.2 Å². The van der Waals surface area contributed by atoms with Crippen LogP contribution in [0.4, 0.5) is 0 Å². The Kier molecular flexibility index (Phi) is 8.27. The average Bonchev–Trinajstić information content (AvgIpc) is 3.04. The third-order valence-corrected chi connectivity index (χ3v) is 7.10. The highest BCUT2D eigenvalue weighted by Crippen LogP contribution is 2.41. The summed E-state index contributed by atoms with van der Waals surface area (Å²) >= 11 is 0. The highest BCUT2D eigenvalue weighted by molar-refractivity contribution is 5.83. The molecule has 0 spiro atoms. The minimum absolute atomic E-state index is 0.117. The number of esters is 2. The topological polar surface area (TPSA) is 78.9 Å². The molecule has 166 valence electrons. The van der Waals surface area contributed by atoms with Gasteiger partial charge in [-0.2, -0.15) is 0 Å². The molecule has 6 nitrogen and oxygen atoms in total. The van der Waals surface area contributed by atoms with Crippen molar-refractivity contribution in [2.75, 3.05) is 7.11 Å². The molecule has 2 heterocycles. The van der Waals surface area contributed by atoms with Crippen molar-refractivity contribution >= 4 is 17.7 Å². The summed E-state index contributed by atoms with van der Waals surface area (Å²) in [6.45, 7) is 9.65. The maximum absolute atomic E-state index is 13.1. The Morgan fingerprint density at radius 1 is 1.03 bits per heavy atom. The van der Waals surface area contributed by atoms with Crippen molar-refractivity contribution in [3.05, 3.63) is 0 Å². The first kappa shape index (κ1) is 23.8. The molecular weight excluding hydrogens is 372 g/mol. The van der Waals surface area contributed by atoms with Crippen LogP contribution in [0.5, 0.6) is 0 Å². The molecule has 7 atom stereocenters. The SMILES string of the molecule is CC[C@@H]1C(=O)OC2[C@H]1[C@@H](C)C(=O)CC[C@@](C)(OC)CCC[C@@H](C)C(=O)O[C@@H]2CC. The maximum atomic E-state index is 13.1. The predicted octanol–water partition coefficient (Wildman–Crippen LogP) is 4.09. The highest BCUT2D eigenvalue weighted by Gasteiger charge is 2.51. The Hall–Kier alpha value is -1.43. The van der Waals surface area contributed by atoms with Gasteiger partial charge in [0, 0.05) is 25.4 Å². The number of methoxy groups -OCH3 is 1. The second-order valence-electron chi connectivity index (χ2n) is 9.08. The summed E-state index contributed by atoms with van der Waals surface area (Å²) < 4.78 is 17.2. The van der Waals surface area contributed by atoms with Crippen molar-refractivity contribution in [2.24, 2.45) is 23.7 Å². The number of hydrogen-bond acceptors (Lipinski definition) is 6. The largest absolute Gasteiger partial charge is 0.458 e. The van der Waals surface area contributed by atoms with E-state index in [0.29, 0.717) is 32.1 Å². The van der Waals surface area contributed by atoms with Crippen LogP contribution in [0.25, 0.3) is 0 Å². The zero-order chi connectivity index (χ0) is 21.8. The van der Waals surface area contributed by atoms with E-state index in [-0.39, 0.29) is 41.4 Å². The van der Waals surface area contributed by atoms with E-state index in [2.05, 4.69) is 0 Å². The molecule has 0 aromatic carbocycles. The standard InChI is InChI=1S/C23H38O6/c1-7-16-19-15(4)17(24)11-13-23(5,27-6)12-9-10-14(3)21(25)28-18(8-2)20(19)29-22(16)26/h14-16,18-20H,7-13H2,1-6H3/t14-,15+,16+,18-,19+,20?,23+/m1/s1. The average molecular weight is 411 g/mol. The van der Waals surface area contributed by atoms with Gasteiger partial charge in [0.1, 0.15) is 18.0 Å². The minimum Gasteiger partial charge on any atom is -0.458 e. The molecule has 2 aliphatic heterocycles. The number of ether oxygens (including phenoxy) is 3. The zero-order valence-corrected chi connectivity index (χ0v) is 18.9. The zero-order valence-electron chi connectivity index (χ0n) is 18.9. The Bertz CT molecular complexity index is 602. The van der Waals surface area contributed by atoms with Crippen LogP contribution in [-0.4, -0.2) is 42.6 Å². The van der Waals surface area contributed by atoms with E-state index in [1.165, 1.54) is 0 Å². The van der Waals surface area contributed by atoms with Gasteiger partial charge >= 0.3 is 11.9 Å². The first-order valence-electron chi connectivity index (χ1n) is 11.2. The Morgan fingerprint density at radius 3 is 2.31 bits per heavy atom. The Morgan fingerprint density at radius 2 is 1.72 bits per heavy atom. The van der Waals surface area contributed by atoms with Gasteiger partial charge in [-0.25, -0.2) is 0 Å². The molecule has 2 aliphatic rings. The molecule has 0 N–H and O–H groups in total. The van der Waals surface area contributed by atoms with Crippen LogP contribution in [-0.2, 0) is 28.6 Å². The summed E-state index contributed by atoms with van der Waals surface area (Å²) in [6, 6.07) is 0. The van der Waals surface area contributed by atoms with Crippen molar-refractivity contribution in [2.45, 2.75) is 97.4 Å². The van der Waals surface area contributed by atoms with Gasteiger partial charge in [0.05, 0.1) is 17.4 Å². The van der Waals surface area contributed by atoms with Gasteiger partial charge in [-0.05, 0) is 45.4 Å². The molecule has 0 saturated carbocycles. The van der Waals surface area contributed by atoms with Crippen LogP contribution in [0, 0.1) is 23.7 Å². The molecule has 0 aromatic heterocycles. The summed E-state index contributed by atoms with van der Waals surface area (Å²) in [5.74, 6) is -1.62. The predicted molar refractivity (Wildman–Crippen MR) is 109 cm³/mol. The summed E-state index contributed by atoms with van der Waals surface area (Å²) in [5.41, 5.74) is -0.402. The number of fused-ring (bicyclic) bond motifs is 1. The van der Waals surface area contributed by atoms with Crippen LogP contribution in [0.15, 0.2) is 0 Å². The molecule has 0 amide bonds. The fourth-order valence-electron chi connectivity index (χ4n) is 4.79. The van der Waals surface area contributed by atoms with Crippen LogP contribution in [0.1, 0.15) is 79.6 Å². The molecule has 0 radical (unpaired) electrons. The van der Waals surface area contributed by atoms with Crippen molar-refractivity contribution in [3.8, 4) is 0 Å². The van der Waals surface area contributed by atoms with Crippen LogP contribution in [0.2, 0.25) is 0 Å². The van der Waals surface area contributed by atoms with Crippen molar-refractivity contribution in [1.82, 2.24) is 0 Å². The van der Waals surface area contributed by atoms with Crippen molar-refractivity contribution in [3.63, 3.8) is 0 Å². The minimum atomic E-state index is -0.565. The quantitative estimate of drug-likeness (QED) is 0.652. The van der Waals surface area contributed by atoms with E-state index in [1.54, 1.807) is 7.11 Å². The smallest absolute Gasteiger partial charge is 0.309 e. The van der Waals surface area contributed by atoms with E-state index in [9.17, 15) is 14.4 Å². The lowest BCUT2D eigenvalue weighted by atomic mass is 9.74. The number of carbonyl (C=O) groups excluding carboxylic acids is 3. The second-order valence-corrected chi connectivity index (χ2v) is 9.08. The molecule has 0 bridgehead atoms. The molecule has 29 heavy (non-hydrogen) atoms. The molecule has 6 heteroatoms. The number of Topliss-reactive ketones (excluding diaryl/α,β-unsaturated/α-hetero) is 1. The van der Waals surface area contributed by atoms with Crippen molar-refractivity contribution < 1.29 is 28.6 Å². The van der Waals surface area contributed by atoms with Gasteiger partial charge in [-0.15, -0.1) is 0 Å². The molecule has 0 aromatic rings. The third-order valence-electron chi connectivity index (χ3n) is 7.10. The number of carbonyl (C=O) groups is 3. The summed E-state index contributed by atoms with van der Waals surface area (Å²) in [7, 11) is 1.67. The lowest BCUT2D eigenvalue weighted by Gasteiger charge is -2.33. The van der Waals surface area contributed by atoms with Crippen LogP contribution >= 0.6 is 0 Å². The van der Waals surface area contributed by atoms with Crippen LogP contribution < -0.4 is 0 Å². The summed E-state index contributed by atoms with van der Waals surface area (Å²) in [5, 5.41) is 0. The van der Waals surface area contributed by atoms with Gasteiger partial charge in [-0.1, -0.05) is 27.7 Å². The van der Waals surface area contributed by atoms with E-state index in [1.807, 2.05) is 34.6 Å². The molecule has 2 fully saturated rings. The highest BCUT2D eigenvalue weighted by atomic mass is 16.6. The molecule has 0 aliphatic carbocycles. The van der Waals surface area contributed by atoms with Gasteiger partial charge in [0.25, 0.3) is 0 Å². The van der Waals surface area contributed by atoms with Gasteiger partial charge in [-0.3, -0.25) is 14.4 Å². The van der Waals surface area contributed by atoms with E-state index < -0.39 is 17.8 Å². The van der Waals surface area contributed by atoms with E-state index >= 15 is 0 Å². The normalized spacial score (nSPS) is 40.0. The third kappa shape index (κ3) is 5.39. The van der Waals surface area contributed by atoms with Gasteiger partial charge < -0.3 is 14.2 Å². The van der Waals surface area contributed by atoms with Crippen LogP contribution in [0.3, 0.4) is 0 Å². The summed E-state index contributed by atoms with van der Waals surface area (Å²) in [4.78, 5) is 38.3. The summed E-state index contributed by atoms with van der Waals surface area (Å²) in [6.07, 6.45) is 3.41. The van der Waals surface area contributed by atoms with Gasteiger partial charge in [0.2, 0.25) is 0 Å². The maximum Gasteiger partial charge on any atom is 0.309 e. The second kappa shape index (κ2) is 10.1. The number of ketones is 1. The fourth-order valence-corrected chi connectivity index (χ4v) is 4.79.